The molecule has 1 fully saturated rings. The third-order valence-electron chi connectivity index (χ3n) is 3.91. The molecule has 6 nitrogen and oxygen atoms in total. The summed E-state index contributed by atoms with van der Waals surface area (Å²) in [5.41, 5.74) is 1.96. The van der Waals surface area contributed by atoms with Gasteiger partial charge in [0.1, 0.15) is 0 Å². The van der Waals surface area contributed by atoms with Crippen LogP contribution in [0.5, 0.6) is 0 Å². The Hall–Kier alpha value is -2.34. The maximum Gasteiger partial charge on any atom is 0.255 e. The number of carbonyl (C=O) groups is 2. The van der Waals surface area contributed by atoms with Gasteiger partial charge < -0.3 is 10.2 Å². The number of benzene rings is 1. The normalized spacial score (nSPS) is 17.6. The summed E-state index contributed by atoms with van der Waals surface area (Å²) in [6.07, 6.45) is 2.03. The van der Waals surface area contributed by atoms with Gasteiger partial charge >= 0.3 is 0 Å². The van der Waals surface area contributed by atoms with Crippen molar-refractivity contribution in [1.29, 1.82) is 0 Å². The van der Waals surface area contributed by atoms with Crippen molar-refractivity contribution in [2.45, 2.75) is 19.4 Å². The van der Waals surface area contributed by atoms with Crippen molar-refractivity contribution >= 4 is 23.4 Å². The maximum atomic E-state index is 12.4. The lowest BCUT2D eigenvalue weighted by Gasteiger charge is -2.11. The number of carbonyl (C=O) groups excluding carboxylic acids is 2. The Bertz CT molecular complexity index is 754. The number of aryl methyl sites for hydroxylation is 1. The second-order valence-corrected chi connectivity index (χ2v) is 6.13. The molecular weight excluding hydrogens is 316 g/mol. The van der Waals surface area contributed by atoms with Crippen LogP contribution in [-0.4, -0.2) is 46.1 Å². The zero-order valence-electron chi connectivity index (χ0n) is 12.9. The Kier molecular flexibility index (Phi) is 4.09. The predicted molar refractivity (Wildman–Crippen MR) is 86.8 cm³/mol. The van der Waals surface area contributed by atoms with Crippen LogP contribution in [0.2, 0.25) is 5.02 Å². The number of hydrogen-bond donors (Lipinski definition) is 1. The molecule has 7 heteroatoms. The molecule has 0 spiro atoms. The quantitative estimate of drug-likeness (QED) is 0.932. The van der Waals surface area contributed by atoms with E-state index in [1.54, 1.807) is 41.9 Å². The molecule has 1 aliphatic heterocycles. The van der Waals surface area contributed by atoms with Crippen molar-refractivity contribution in [2.24, 2.45) is 0 Å². The van der Waals surface area contributed by atoms with Crippen LogP contribution in [0.4, 0.5) is 0 Å². The molecule has 1 saturated heterocycles. The van der Waals surface area contributed by atoms with E-state index in [4.69, 9.17) is 11.6 Å². The third-order valence-corrected chi connectivity index (χ3v) is 4.16. The van der Waals surface area contributed by atoms with Gasteiger partial charge in [0.05, 0.1) is 23.0 Å². The van der Waals surface area contributed by atoms with Crippen LogP contribution in [0.25, 0.3) is 5.69 Å². The smallest absolute Gasteiger partial charge is 0.255 e. The first-order chi connectivity index (χ1) is 10.9. The predicted octanol–water partition coefficient (Wildman–Crippen LogP) is 1.79. The minimum Gasteiger partial charge on any atom is -0.347 e. The van der Waals surface area contributed by atoms with Crippen molar-refractivity contribution in [2.75, 3.05) is 13.6 Å². The molecule has 3 rings (SSSR count). The highest BCUT2D eigenvalue weighted by atomic mass is 35.5. The first kappa shape index (κ1) is 15.6. The molecule has 1 aliphatic rings. The third kappa shape index (κ3) is 3.22. The minimum absolute atomic E-state index is 0.0453. The largest absolute Gasteiger partial charge is 0.347 e. The van der Waals surface area contributed by atoms with E-state index >= 15 is 0 Å². The van der Waals surface area contributed by atoms with E-state index in [2.05, 4.69) is 10.4 Å². The summed E-state index contributed by atoms with van der Waals surface area (Å²) >= 11 is 5.88. The monoisotopic (exact) mass is 332 g/mol. The number of likely N-dealkylation sites (tertiary alicyclic amines) is 1. The summed E-state index contributed by atoms with van der Waals surface area (Å²) in [6, 6.07) is 7.06. The minimum atomic E-state index is -0.212. The highest BCUT2D eigenvalue weighted by molar-refractivity contribution is 6.30. The molecule has 2 heterocycles. The first-order valence-electron chi connectivity index (χ1n) is 7.31. The van der Waals surface area contributed by atoms with Crippen molar-refractivity contribution in [3.05, 3.63) is 46.7 Å². The number of aromatic nitrogens is 2. The van der Waals surface area contributed by atoms with E-state index < -0.39 is 0 Å². The molecule has 0 saturated carbocycles. The summed E-state index contributed by atoms with van der Waals surface area (Å²) in [4.78, 5) is 25.6. The van der Waals surface area contributed by atoms with Crippen molar-refractivity contribution in [3.8, 4) is 5.69 Å². The Morgan fingerprint density at radius 3 is 2.65 bits per heavy atom. The van der Waals surface area contributed by atoms with Crippen LogP contribution in [0.1, 0.15) is 22.5 Å². The fraction of sp³-hybridized carbons (Fsp3) is 0.312. The van der Waals surface area contributed by atoms with Gasteiger partial charge in [0.25, 0.3) is 5.91 Å². The highest BCUT2D eigenvalue weighted by Crippen LogP contribution is 2.16. The Balaban J connectivity index is 1.77. The topological polar surface area (TPSA) is 67.2 Å². The molecule has 23 heavy (non-hydrogen) atoms. The van der Waals surface area contributed by atoms with E-state index in [1.807, 2.05) is 12.1 Å². The van der Waals surface area contributed by atoms with Crippen LogP contribution in [-0.2, 0) is 4.79 Å². The maximum absolute atomic E-state index is 12.4. The van der Waals surface area contributed by atoms with Crippen LogP contribution in [0.15, 0.2) is 30.5 Å². The molecule has 0 radical (unpaired) electrons. The van der Waals surface area contributed by atoms with Crippen molar-refractivity contribution in [3.63, 3.8) is 0 Å². The number of amides is 2. The lowest BCUT2D eigenvalue weighted by molar-refractivity contribution is -0.126. The van der Waals surface area contributed by atoms with Gasteiger partial charge in [-0.05, 0) is 31.2 Å². The molecular formula is C16H17ClN4O2. The van der Waals surface area contributed by atoms with Gasteiger partial charge in [-0.25, -0.2) is 4.68 Å². The summed E-state index contributed by atoms with van der Waals surface area (Å²) in [5.74, 6) is -0.167. The second kappa shape index (κ2) is 6.04. The van der Waals surface area contributed by atoms with Gasteiger partial charge in [0, 0.05) is 31.2 Å². The summed E-state index contributed by atoms with van der Waals surface area (Å²) in [5, 5.41) is 7.91. The van der Waals surface area contributed by atoms with E-state index in [9.17, 15) is 9.59 Å². The standard InChI is InChI=1S/C16H17ClN4O2/c1-10-14(16(23)18-12-7-15(22)20(2)8-12)9-21(19-10)13-5-3-11(17)4-6-13/h3-6,9,12H,7-8H2,1-2H3,(H,18,23)/t12-/m1/s1. The number of nitrogens with zero attached hydrogens (tertiary/aromatic N) is 3. The zero-order chi connectivity index (χ0) is 16.6. The molecule has 0 bridgehead atoms. The molecule has 120 valence electrons. The molecule has 2 amide bonds. The van der Waals surface area contributed by atoms with Crippen LogP contribution in [0.3, 0.4) is 0 Å². The first-order valence-corrected chi connectivity index (χ1v) is 7.69. The van der Waals surface area contributed by atoms with Gasteiger partial charge in [0.2, 0.25) is 5.91 Å². The van der Waals surface area contributed by atoms with E-state index in [-0.39, 0.29) is 17.9 Å². The van der Waals surface area contributed by atoms with Crippen LogP contribution < -0.4 is 5.32 Å². The van der Waals surface area contributed by atoms with Crippen LogP contribution in [0, 0.1) is 6.92 Å². The number of nitrogens with one attached hydrogen (secondary N) is 1. The van der Waals surface area contributed by atoms with Gasteiger partial charge in [-0.3, -0.25) is 9.59 Å². The lowest BCUT2D eigenvalue weighted by atomic mass is 10.2. The fourth-order valence-electron chi connectivity index (χ4n) is 2.63. The van der Waals surface area contributed by atoms with Gasteiger partial charge in [0.15, 0.2) is 0 Å². The van der Waals surface area contributed by atoms with Gasteiger partial charge in [-0.2, -0.15) is 5.10 Å². The molecule has 1 aromatic heterocycles. The van der Waals surface area contributed by atoms with Gasteiger partial charge in [-0.15, -0.1) is 0 Å². The number of likely N-dealkylation sites (N-methyl/N-ethyl adjacent to an activating group) is 1. The average Bonchev–Trinajstić information content (AvgIpc) is 3.03. The van der Waals surface area contributed by atoms with E-state index in [0.29, 0.717) is 29.2 Å². The summed E-state index contributed by atoms with van der Waals surface area (Å²) < 4.78 is 1.65. The van der Waals surface area contributed by atoms with E-state index in [1.165, 1.54) is 0 Å². The molecule has 1 atom stereocenters. The molecule has 0 aliphatic carbocycles. The molecule has 1 N–H and O–H groups in total. The molecule has 0 unspecified atom stereocenters. The number of hydrogen-bond acceptors (Lipinski definition) is 3. The second-order valence-electron chi connectivity index (χ2n) is 5.70. The highest BCUT2D eigenvalue weighted by Gasteiger charge is 2.28. The number of halogens is 1. The molecule has 2 aromatic rings. The lowest BCUT2D eigenvalue weighted by Crippen LogP contribution is -2.36. The number of rotatable bonds is 3. The Morgan fingerprint density at radius 1 is 1.35 bits per heavy atom. The Labute approximate surface area is 139 Å². The van der Waals surface area contributed by atoms with Crippen molar-refractivity contribution < 1.29 is 9.59 Å². The van der Waals surface area contributed by atoms with E-state index in [0.717, 1.165) is 5.69 Å². The van der Waals surface area contributed by atoms with Gasteiger partial charge in [-0.1, -0.05) is 11.6 Å². The molecule has 1 aromatic carbocycles. The average molecular weight is 333 g/mol. The van der Waals surface area contributed by atoms with Crippen molar-refractivity contribution in [1.82, 2.24) is 20.0 Å². The zero-order valence-corrected chi connectivity index (χ0v) is 13.7. The SMILES string of the molecule is Cc1nn(-c2ccc(Cl)cc2)cc1C(=O)N[C@@H]1CC(=O)N(C)C1. The summed E-state index contributed by atoms with van der Waals surface area (Å²) in [6.45, 7) is 2.32. The summed E-state index contributed by atoms with van der Waals surface area (Å²) in [7, 11) is 1.73. The van der Waals surface area contributed by atoms with Crippen LogP contribution >= 0.6 is 11.6 Å². The Morgan fingerprint density at radius 2 is 2.04 bits per heavy atom. The fourth-order valence-corrected chi connectivity index (χ4v) is 2.76.